The van der Waals surface area contributed by atoms with E-state index in [0.717, 1.165) is 19.3 Å². The minimum Gasteiger partial charge on any atom is -0.352 e. The lowest BCUT2D eigenvalue weighted by atomic mass is 9.87. The zero-order valence-electron chi connectivity index (χ0n) is 17.4. The number of amides is 2. The number of nitrogens with zero attached hydrogens (tertiary/aromatic N) is 2. The Morgan fingerprint density at radius 2 is 1.34 bits per heavy atom. The lowest BCUT2D eigenvalue weighted by Gasteiger charge is -2.41. The number of hydrogen-bond acceptors (Lipinski definition) is 6. The van der Waals surface area contributed by atoms with Gasteiger partial charge in [-0.1, -0.05) is 14.9 Å². The quantitative estimate of drug-likeness (QED) is 0.602. The lowest BCUT2D eigenvalue weighted by Crippen LogP contribution is -2.49. The van der Waals surface area contributed by atoms with E-state index in [1.807, 2.05) is 20.9 Å². The van der Waals surface area contributed by atoms with Crippen LogP contribution in [-0.4, -0.2) is 79.4 Å². The second-order valence-electron chi connectivity index (χ2n) is 8.04. The summed E-state index contributed by atoms with van der Waals surface area (Å²) >= 11 is 0. The molecule has 3 saturated heterocycles. The van der Waals surface area contributed by atoms with E-state index < -0.39 is 5.72 Å². The molecule has 29 heavy (non-hydrogen) atoms. The molecule has 1 saturated carbocycles. The third-order valence-corrected chi connectivity index (χ3v) is 5.68. The number of rotatable bonds is 0. The van der Waals surface area contributed by atoms with E-state index in [1.165, 1.54) is 6.42 Å². The molecule has 0 N–H and O–H groups in total. The smallest absolute Gasteiger partial charge is 0.250 e. The molecule has 4 rings (SSSR count). The highest BCUT2D eigenvalue weighted by molar-refractivity contribution is 5.80. The van der Waals surface area contributed by atoms with Crippen LogP contribution in [0.2, 0.25) is 0 Å². The van der Waals surface area contributed by atoms with Gasteiger partial charge in [0.15, 0.2) is 0 Å². The maximum absolute atomic E-state index is 11.0. The van der Waals surface area contributed by atoms with Gasteiger partial charge in [-0.05, 0) is 53.4 Å². The predicted octanol–water partition coefficient (Wildman–Crippen LogP) is 3.00. The summed E-state index contributed by atoms with van der Waals surface area (Å²) in [5.41, 5.74) is -0.561. The molecule has 1 spiro atoms. The van der Waals surface area contributed by atoms with Crippen LogP contribution in [0.25, 0.3) is 0 Å². The number of carbonyl (C=O) groups is 2. The predicted molar refractivity (Wildman–Crippen MR) is 112 cm³/mol. The molecule has 8 nitrogen and oxygen atoms in total. The Bertz CT molecular complexity index is 527. The van der Waals surface area contributed by atoms with Crippen molar-refractivity contribution < 1.29 is 28.5 Å². The third kappa shape index (κ3) is 6.91. The number of ether oxygens (including phenoxy) is 4. The van der Waals surface area contributed by atoms with Gasteiger partial charge in [-0.15, -0.1) is 0 Å². The van der Waals surface area contributed by atoms with Crippen LogP contribution in [0.3, 0.4) is 0 Å². The topological polar surface area (TPSA) is 77.5 Å². The fourth-order valence-corrected chi connectivity index (χ4v) is 3.18. The van der Waals surface area contributed by atoms with Gasteiger partial charge in [0.1, 0.15) is 31.5 Å². The summed E-state index contributed by atoms with van der Waals surface area (Å²) in [5, 5.41) is 0. The maximum atomic E-state index is 11.0. The zero-order valence-corrected chi connectivity index (χ0v) is 17.4. The molecule has 0 aromatic rings. The largest absolute Gasteiger partial charge is 0.352 e. The zero-order chi connectivity index (χ0) is 20.2. The number of hydrogen-bond donors (Lipinski definition) is 0. The van der Waals surface area contributed by atoms with Gasteiger partial charge in [-0.2, -0.15) is 0 Å². The molecule has 2 atom stereocenters. The van der Waals surface area contributed by atoms with Crippen LogP contribution < -0.4 is 0 Å². The van der Waals surface area contributed by atoms with Crippen LogP contribution in [0, 0.1) is 0 Å². The minimum absolute atomic E-state index is 0. The van der Waals surface area contributed by atoms with E-state index in [1.54, 1.807) is 16.8 Å². The van der Waals surface area contributed by atoms with E-state index in [9.17, 15) is 9.59 Å². The van der Waals surface area contributed by atoms with Crippen molar-refractivity contribution >= 4 is 11.8 Å². The summed E-state index contributed by atoms with van der Waals surface area (Å²) < 4.78 is 20.8. The highest BCUT2D eigenvalue weighted by Crippen LogP contribution is 2.40. The van der Waals surface area contributed by atoms with E-state index in [2.05, 4.69) is 13.8 Å². The van der Waals surface area contributed by atoms with Gasteiger partial charge in [0.25, 0.3) is 11.8 Å². The van der Waals surface area contributed by atoms with E-state index in [-0.39, 0.29) is 45.6 Å². The normalized spacial score (nSPS) is 28.9. The van der Waals surface area contributed by atoms with Gasteiger partial charge in [0.05, 0.1) is 12.2 Å². The molecule has 2 amide bonds. The summed E-state index contributed by atoms with van der Waals surface area (Å²) in [5.74, 6) is 0.180. The van der Waals surface area contributed by atoms with Crippen LogP contribution >= 0.6 is 0 Å². The van der Waals surface area contributed by atoms with Crippen molar-refractivity contribution in [2.75, 3.05) is 34.1 Å². The second-order valence-corrected chi connectivity index (χ2v) is 8.04. The third-order valence-electron chi connectivity index (χ3n) is 5.68. The molecule has 0 bridgehead atoms. The van der Waals surface area contributed by atoms with Crippen molar-refractivity contribution in [1.29, 1.82) is 0 Å². The summed E-state index contributed by atoms with van der Waals surface area (Å²) in [4.78, 5) is 25.1. The lowest BCUT2D eigenvalue weighted by molar-refractivity contribution is -0.164. The standard InChI is InChI=1S/C7H11NO2.C6H11NO2.C6H12O2.2CH4/c1-8-6(9)5-10-7(8)3-2-4-7;1-6(2)7(3)5(8)4-9-6;1-5-3-6(2)8-4-7-5;;/h2-5H2,1H3;4H2,1-3H3;5-6H,3-4H2,1-2H3;2*1H4. The van der Waals surface area contributed by atoms with Crippen molar-refractivity contribution in [3.05, 3.63) is 0 Å². The van der Waals surface area contributed by atoms with E-state index in [0.29, 0.717) is 19.0 Å². The van der Waals surface area contributed by atoms with Crippen molar-refractivity contribution in [3.8, 4) is 0 Å². The fourth-order valence-electron chi connectivity index (χ4n) is 3.18. The number of likely N-dealkylation sites (N-methyl/N-ethyl adjacent to an activating group) is 2. The molecular weight excluding hydrogens is 376 g/mol. The van der Waals surface area contributed by atoms with Gasteiger partial charge in [0, 0.05) is 14.1 Å². The Morgan fingerprint density at radius 3 is 1.52 bits per heavy atom. The number of carbonyl (C=O) groups excluding carboxylic acids is 2. The van der Waals surface area contributed by atoms with Crippen LogP contribution in [0.15, 0.2) is 0 Å². The Morgan fingerprint density at radius 1 is 0.862 bits per heavy atom. The van der Waals surface area contributed by atoms with E-state index in [4.69, 9.17) is 18.9 Å². The molecule has 1 aliphatic carbocycles. The second kappa shape index (κ2) is 11.2. The SMILES string of the molecule is C.C.CC1CC(C)OCO1.CN1C(=O)COC1(C)C.CN1C(=O)COC12CCC2. The summed E-state index contributed by atoms with van der Waals surface area (Å²) in [7, 11) is 3.57. The Balaban J connectivity index is 0.000000395. The molecule has 0 aromatic carbocycles. The van der Waals surface area contributed by atoms with Gasteiger partial charge in [-0.25, -0.2) is 0 Å². The minimum atomic E-state index is -0.392. The van der Waals surface area contributed by atoms with Gasteiger partial charge in [-0.3, -0.25) is 9.59 Å². The molecule has 8 heteroatoms. The van der Waals surface area contributed by atoms with Gasteiger partial charge in [0.2, 0.25) is 0 Å². The van der Waals surface area contributed by atoms with Crippen LogP contribution in [0.4, 0.5) is 0 Å². The first-order valence-corrected chi connectivity index (χ1v) is 9.62. The summed E-state index contributed by atoms with van der Waals surface area (Å²) in [6.45, 7) is 8.87. The molecule has 0 aromatic heterocycles. The molecule has 4 aliphatic rings. The molecule has 3 heterocycles. The molecule has 2 unspecified atom stereocenters. The van der Waals surface area contributed by atoms with Crippen LogP contribution in [-0.2, 0) is 28.5 Å². The highest BCUT2D eigenvalue weighted by atomic mass is 16.7. The van der Waals surface area contributed by atoms with Crippen LogP contribution in [0.5, 0.6) is 0 Å². The average Bonchev–Trinajstić information content (AvgIpc) is 3.00. The first-order valence-electron chi connectivity index (χ1n) is 9.62. The Hall–Kier alpha value is -1.22. The maximum Gasteiger partial charge on any atom is 0.250 e. The molecule has 172 valence electrons. The first-order chi connectivity index (χ1) is 12.6. The summed E-state index contributed by atoms with van der Waals surface area (Å²) in [6.07, 6.45) is 5.04. The molecule has 0 radical (unpaired) electrons. The van der Waals surface area contributed by atoms with Crippen molar-refractivity contribution in [2.45, 2.75) is 91.9 Å². The Labute approximate surface area is 176 Å². The van der Waals surface area contributed by atoms with E-state index >= 15 is 0 Å². The van der Waals surface area contributed by atoms with Crippen molar-refractivity contribution in [3.63, 3.8) is 0 Å². The van der Waals surface area contributed by atoms with Gasteiger partial charge >= 0.3 is 0 Å². The summed E-state index contributed by atoms with van der Waals surface area (Å²) in [6, 6.07) is 0. The fraction of sp³-hybridized carbons (Fsp3) is 0.905. The van der Waals surface area contributed by atoms with Crippen LogP contribution in [0.1, 0.15) is 68.2 Å². The van der Waals surface area contributed by atoms with Gasteiger partial charge < -0.3 is 28.7 Å². The monoisotopic (exact) mass is 418 g/mol. The molecule has 3 aliphatic heterocycles. The molecular formula is C21H42N2O6. The first kappa shape index (κ1) is 27.8. The van der Waals surface area contributed by atoms with Crippen molar-refractivity contribution in [2.24, 2.45) is 0 Å². The average molecular weight is 419 g/mol. The van der Waals surface area contributed by atoms with Crippen molar-refractivity contribution in [1.82, 2.24) is 9.80 Å². The highest BCUT2D eigenvalue weighted by Gasteiger charge is 2.48. The molecule has 4 fully saturated rings. The Kier molecular flexibility index (Phi) is 10.8.